The van der Waals surface area contributed by atoms with E-state index in [4.69, 9.17) is 9.72 Å². The minimum Gasteiger partial charge on any atom is -0.371 e. The van der Waals surface area contributed by atoms with Crippen LogP contribution in [0.1, 0.15) is 63.7 Å². The lowest BCUT2D eigenvalue weighted by Gasteiger charge is -2.23. The first-order valence-corrected chi connectivity index (χ1v) is 6.64. The number of imidazole rings is 1. The average molecular weight is 236 g/mol. The van der Waals surface area contributed by atoms with E-state index < -0.39 is 0 Å². The highest BCUT2D eigenvalue weighted by molar-refractivity contribution is 5.24. The van der Waals surface area contributed by atoms with Gasteiger partial charge in [0.2, 0.25) is 0 Å². The van der Waals surface area contributed by atoms with Crippen molar-refractivity contribution in [3.8, 4) is 0 Å². The Morgan fingerprint density at radius 2 is 2.18 bits per heavy atom. The summed E-state index contributed by atoms with van der Waals surface area (Å²) in [7, 11) is 1.76. The fourth-order valence-corrected chi connectivity index (χ4v) is 2.79. The third-order valence-corrected chi connectivity index (χ3v) is 4.21. The van der Waals surface area contributed by atoms with Crippen molar-refractivity contribution in [2.75, 3.05) is 7.11 Å². The Labute approximate surface area is 104 Å². The number of fused-ring (bicyclic) bond motifs is 1. The number of aromatic nitrogens is 2. The summed E-state index contributed by atoms with van der Waals surface area (Å²) >= 11 is 0. The van der Waals surface area contributed by atoms with Crippen molar-refractivity contribution in [2.24, 2.45) is 5.92 Å². The summed E-state index contributed by atoms with van der Waals surface area (Å²) < 4.78 is 5.62. The van der Waals surface area contributed by atoms with Crippen LogP contribution in [-0.4, -0.2) is 17.1 Å². The summed E-state index contributed by atoms with van der Waals surface area (Å²) in [6.07, 6.45) is 3.29. The van der Waals surface area contributed by atoms with Gasteiger partial charge in [0.05, 0.1) is 5.69 Å². The van der Waals surface area contributed by atoms with Crippen molar-refractivity contribution in [3.63, 3.8) is 0 Å². The molecule has 1 aliphatic rings. The fraction of sp³-hybridized carbons (Fsp3) is 0.786. The molecule has 3 unspecified atom stereocenters. The number of H-pyrrole nitrogens is 1. The van der Waals surface area contributed by atoms with E-state index in [0.717, 1.165) is 24.6 Å². The largest absolute Gasteiger partial charge is 0.371 e. The molecule has 0 saturated heterocycles. The quantitative estimate of drug-likeness (QED) is 0.873. The van der Waals surface area contributed by atoms with Crippen molar-refractivity contribution in [1.29, 1.82) is 0 Å². The van der Waals surface area contributed by atoms with Crippen molar-refractivity contribution < 1.29 is 4.74 Å². The molecule has 0 fully saturated rings. The summed E-state index contributed by atoms with van der Waals surface area (Å²) in [5.74, 6) is 2.31. The number of aromatic amines is 1. The third-order valence-electron chi connectivity index (χ3n) is 4.21. The molecule has 0 spiro atoms. The molecule has 1 N–H and O–H groups in total. The van der Waals surface area contributed by atoms with Crippen LogP contribution in [0.25, 0.3) is 0 Å². The van der Waals surface area contributed by atoms with Crippen LogP contribution in [0.15, 0.2) is 0 Å². The minimum absolute atomic E-state index is 0.277. The second kappa shape index (κ2) is 4.45. The van der Waals surface area contributed by atoms with Gasteiger partial charge in [-0.1, -0.05) is 20.8 Å². The topological polar surface area (TPSA) is 37.9 Å². The van der Waals surface area contributed by atoms with Crippen LogP contribution >= 0.6 is 0 Å². The lowest BCUT2D eigenvalue weighted by molar-refractivity contribution is -0.00844. The number of ether oxygens (including phenoxy) is 1. The molecule has 1 aliphatic carbocycles. The molecule has 0 amide bonds. The van der Waals surface area contributed by atoms with Gasteiger partial charge in [-0.2, -0.15) is 0 Å². The lowest BCUT2D eigenvalue weighted by Crippen LogP contribution is -2.24. The molecule has 1 aromatic heterocycles. The summed E-state index contributed by atoms with van der Waals surface area (Å²) in [5.41, 5.74) is 2.30. The van der Waals surface area contributed by atoms with Crippen LogP contribution in [0, 0.1) is 5.92 Å². The molecule has 2 rings (SSSR count). The van der Waals surface area contributed by atoms with Gasteiger partial charge in [0.25, 0.3) is 0 Å². The molecule has 0 radical (unpaired) electrons. The first-order valence-electron chi connectivity index (χ1n) is 6.64. The SMILES string of the molecule is CCC(C)(OC)c1nc2c([nH]1)CC(C)CC2C. The van der Waals surface area contributed by atoms with Crippen LogP contribution in [0.4, 0.5) is 0 Å². The minimum atomic E-state index is -0.277. The molecule has 0 aliphatic heterocycles. The highest BCUT2D eigenvalue weighted by atomic mass is 16.5. The zero-order valence-electron chi connectivity index (χ0n) is 11.6. The maximum atomic E-state index is 5.62. The summed E-state index contributed by atoms with van der Waals surface area (Å²) in [6, 6.07) is 0. The van der Waals surface area contributed by atoms with Crippen molar-refractivity contribution >= 4 is 0 Å². The van der Waals surface area contributed by atoms with E-state index >= 15 is 0 Å². The van der Waals surface area contributed by atoms with E-state index in [0.29, 0.717) is 5.92 Å². The van der Waals surface area contributed by atoms with Gasteiger partial charge in [-0.25, -0.2) is 4.98 Å². The van der Waals surface area contributed by atoms with Gasteiger partial charge in [0.1, 0.15) is 11.4 Å². The summed E-state index contributed by atoms with van der Waals surface area (Å²) in [4.78, 5) is 8.30. The third kappa shape index (κ3) is 2.13. The number of rotatable bonds is 3. The Morgan fingerprint density at radius 3 is 2.76 bits per heavy atom. The summed E-state index contributed by atoms with van der Waals surface area (Å²) in [5, 5.41) is 0. The van der Waals surface area contributed by atoms with E-state index in [1.807, 2.05) is 0 Å². The number of nitrogens with zero attached hydrogens (tertiary/aromatic N) is 1. The van der Waals surface area contributed by atoms with Crippen LogP contribution in [0.2, 0.25) is 0 Å². The van der Waals surface area contributed by atoms with E-state index in [-0.39, 0.29) is 5.60 Å². The fourth-order valence-electron chi connectivity index (χ4n) is 2.79. The van der Waals surface area contributed by atoms with Gasteiger partial charge in [-0.15, -0.1) is 0 Å². The maximum absolute atomic E-state index is 5.62. The highest BCUT2D eigenvalue weighted by Crippen LogP contribution is 2.35. The molecule has 0 bridgehead atoms. The first-order chi connectivity index (χ1) is 8.00. The lowest BCUT2D eigenvalue weighted by atomic mass is 9.84. The molecule has 17 heavy (non-hydrogen) atoms. The second-order valence-electron chi connectivity index (χ2n) is 5.68. The van der Waals surface area contributed by atoms with E-state index in [1.165, 1.54) is 17.8 Å². The Balaban J connectivity index is 2.37. The summed E-state index contributed by atoms with van der Waals surface area (Å²) in [6.45, 7) is 8.83. The normalized spacial score (nSPS) is 27.6. The highest BCUT2D eigenvalue weighted by Gasteiger charge is 2.32. The molecule has 1 aromatic rings. The zero-order chi connectivity index (χ0) is 12.6. The van der Waals surface area contributed by atoms with Crippen LogP contribution in [-0.2, 0) is 16.8 Å². The zero-order valence-corrected chi connectivity index (χ0v) is 11.6. The van der Waals surface area contributed by atoms with E-state index in [2.05, 4.69) is 32.7 Å². The van der Waals surface area contributed by atoms with Gasteiger partial charge in [0, 0.05) is 18.7 Å². The van der Waals surface area contributed by atoms with Crippen LogP contribution in [0.5, 0.6) is 0 Å². The molecule has 3 nitrogen and oxygen atoms in total. The molecular weight excluding hydrogens is 212 g/mol. The van der Waals surface area contributed by atoms with Crippen LogP contribution < -0.4 is 0 Å². The van der Waals surface area contributed by atoms with Gasteiger partial charge < -0.3 is 9.72 Å². The Bertz CT molecular complexity index is 393. The Kier molecular flexibility index (Phi) is 3.30. The second-order valence-corrected chi connectivity index (χ2v) is 5.68. The van der Waals surface area contributed by atoms with Gasteiger partial charge in [0.15, 0.2) is 0 Å². The molecule has 96 valence electrons. The molecule has 3 atom stereocenters. The van der Waals surface area contributed by atoms with Crippen molar-refractivity contribution in [2.45, 2.75) is 58.5 Å². The van der Waals surface area contributed by atoms with Gasteiger partial charge >= 0.3 is 0 Å². The van der Waals surface area contributed by atoms with Gasteiger partial charge in [-0.3, -0.25) is 0 Å². The van der Waals surface area contributed by atoms with E-state index in [9.17, 15) is 0 Å². The molecule has 1 heterocycles. The molecule has 0 aromatic carbocycles. The standard InChI is InChI=1S/C14H24N2O/c1-6-14(4,17-5)13-15-11-8-9(2)7-10(3)12(11)16-13/h9-10H,6-8H2,1-5H3,(H,15,16). The van der Waals surface area contributed by atoms with E-state index in [1.54, 1.807) is 7.11 Å². The maximum Gasteiger partial charge on any atom is 0.138 e. The number of nitrogens with one attached hydrogen (secondary N) is 1. The molecular formula is C14H24N2O. The Hall–Kier alpha value is -0.830. The number of methoxy groups -OCH3 is 1. The smallest absolute Gasteiger partial charge is 0.138 e. The monoisotopic (exact) mass is 236 g/mol. The number of hydrogen-bond acceptors (Lipinski definition) is 2. The predicted octanol–water partition coefficient (Wildman–Crippen LogP) is 3.37. The average Bonchev–Trinajstić information content (AvgIpc) is 2.72. The van der Waals surface area contributed by atoms with Gasteiger partial charge in [-0.05, 0) is 32.1 Å². The Morgan fingerprint density at radius 1 is 1.47 bits per heavy atom. The molecule has 0 saturated carbocycles. The van der Waals surface area contributed by atoms with Crippen LogP contribution in [0.3, 0.4) is 0 Å². The van der Waals surface area contributed by atoms with Crippen molar-refractivity contribution in [3.05, 3.63) is 17.2 Å². The predicted molar refractivity (Wildman–Crippen MR) is 69.1 cm³/mol. The number of hydrogen-bond donors (Lipinski definition) is 1. The molecule has 3 heteroatoms. The first kappa shape index (κ1) is 12.6. The van der Waals surface area contributed by atoms with Crippen molar-refractivity contribution in [1.82, 2.24) is 9.97 Å².